The Kier molecular flexibility index (Phi) is 6.35. The summed E-state index contributed by atoms with van der Waals surface area (Å²) in [5, 5.41) is 19.5. The van der Waals surface area contributed by atoms with Gasteiger partial charge in [0, 0.05) is 18.7 Å². The zero-order valence-corrected chi connectivity index (χ0v) is 12.0. The number of carboxylic acids is 1. The maximum atomic E-state index is 10.9. The first-order valence-electron chi connectivity index (χ1n) is 6.37. The lowest BCUT2D eigenvalue weighted by Crippen LogP contribution is -2.15. The van der Waals surface area contributed by atoms with Gasteiger partial charge in [0.2, 0.25) is 0 Å². The van der Waals surface area contributed by atoms with Crippen LogP contribution in [0.2, 0.25) is 0 Å². The lowest BCUT2D eigenvalue weighted by atomic mass is 10.1. The van der Waals surface area contributed by atoms with Crippen LogP contribution in [0, 0.1) is 10.1 Å². The number of ether oxygens (including phenoxy) is 1. The molecule has 1 N–H and O–H groups in total. The molecule has 0 aromatic heterocycles. The van der Waals surface area contributed by atoms with E-state index in [1.807, 2.05) is 19.0 Å². The summed E-state index contributed by atoms with van der Waals surface area (Å²) in [4.78, 5) is 22.9. The number of hydrogen-bond acceptors (Lipinski definition) is 5. The number of rotatable bonds is 8. The van der Waals surface area contributed by atoms with Crippen molar-refractivity contribution in [3.05, 3.63) is 40.0 Å². The number of hydrogen-bond donors (Lipinski definition) is 1. The van der Waals surface area contributed by atoms with E-state index in [4.69, 9.17) is 9.84 Å². The van der Waals surface area contributed by atoms with Gasteiger partial charge in [-0.1, -0.05) is 0 Å². The molecule has 0 saturated heterocycles. The van der Waals surface area contributed by atoms with Crippen LogP contribution >= 0.6 is 0 Å². The second-order valence-corrected chi connectivity index (χ2v) is 4.66. The van der Waals surface area contributed by atoms with Crippen LogP contribution in [0.15, 0.2) is 24.3 Å². The Hall–Kier alpha value is -2.41. The molecule has 1 aromatic rings. The molecule has 7 heteroatoms. The van der Waals surface area contributed by atoms with Gasteiger partial charge in [0.15, 0.2) is 5.75 Å². The zero-order valence-electron chi connectivity index (χ0n) is 12.0. The fourth-order valence-electron chi connectivity index (χ4n) is 1.63. The Morgan fingerprint density at radius 2 is 2.19 bits per heavy atom. The maximum Gasteiger partial charge on any atom is 0.328 e. The van der Waals surface area contributed by atoms with Crippen molar-refractivity contribution >= 4 is 17.7 Å². The third-order valence-electron chi connectivity index (χ3n) is 2.61. The lowest BCUT2D eigenvalue weighted by molar-refractivity contribution is -0.385. The van der Waals surface area contributed by atoms with Crippen LogP contribution in [0.25, 0.3) is 6.08 Å². The van der Waals surface area contributed by atoms with Gasteiger partial charge in [-0.15, -0.1) is 0 Å². The molecule has 1 rings (SSSR count). The second-order valence-electron chi connectivity index (χ2n) is 4.66. The smallest absolute Gasteiger partial charge is 0.328 e. The topological polar surface area (TPSA) is 92.9 Å². The summed E-state index contributed by atoms with van der Waals surface area (Å²) < 4.78 is 5.45. The van der Waals surface area contributed by atoms with Crippen molar-refractivity contribution in [2.75, 3.05) is 27.2 Å². The average molecular weight is 294 g/mol. The standard InChI is InChI=1S/C14H18N2O5/c1-15(2)8-3-9-21-13-10-11(5-7-14(17)18)4-6-12(13)16(19)20/h4-7,10H,3,8-9H2,1-2H3,(H,17,18)/b7-5+. The molecule has 0 unspecified atom stereocenters. The molecule has 0 radical (unpaired) electrons. The van der Waals surface area contributed by atoms with Gasteiger partial charge < -0.3 is 14.7 Å². The van der Waals surface area contributed by atoms with Crippen molar-refractivity contribution in [1.29, 1.82) is 0 Å². The van der Waals surface area contributed by atoms with Crippen molar-refractivity contribution < 1.29 is 19.6 Å². The number of aliphatic carboxylic acids is 1. The zero-order chi connectivity index (χ0) is 15.8. The molecule has 0 fully saturated rings. The Balaban J connectivity index is 2.83. The van der Waals surface area contributed by atoms with E-state index in [0.29, 0.717) is 12.2 Å². The highest BCUT2D eigenvalue weighted by Gasteiger charge is 2.15. The molecule has 0 saturated carbocycles. The molecule has 0 amide bonds. The van der Waals surface area contributed by atoms with Gasteiger partial charge in [-0.3, -0.25) is 10.1 Å². The average Bonchev–Trinajstić information content (AvgIpc) is 2.41. The van der Waals surface area contributed by atoms with E-state index >= 15 is 0 Å². The van der Waals surface area contributed by atoms with Crippen molar-refractivity contribution in [2.45, 2.75) is 6.42 Å². The largest absolute Gasteiger partial charge is 0.487 e. The SMILES string of the molecule is CN(C)CCCOc1cc(/C=C/C(=O)O)ccc1[N+](=O)[O-]. The first-order chi connectivity index (χ1) is 9.90. The molecule has 0 aliphatic heterocycles. The fourth-order valence-corrected chi connectivity index (χ4v) is 1.63. The van der Waals surface area contributed by atoms with Crippen LogP contribution in [0.5, 0.6) is 5.75 Å². The summed E-state index contributed by atoms with van der Waals surface area (Å²) in [6, 6.07) is 4.25. The predicted molar refractivity (Wildman–Crippen MR) is 78.4 cm³/mol. The van der Waals surface area contributed by atoms with E-state index in [0.717, 1.165) is 19.0 Å². The molecule has 0 aliphatic carbocycles. The van der Waals surface area contributed by atoms with Crippen LogP contribution in [-0.4, -0.2) is 48.1 Å². The van der Waals surface area contributed by atoms with Gasteiger partial charge in [0.05, 0.1) is 11.5 Å². The molecule has 21 heavy (non-hydrogen) atoms. The first kappa shape index (κ1) is 16.6. The molecular formula is C14H18N2O5. The minimum Gasteiger partial charge on any atom is -0.487 e. The molecule has 0 aliphatic rings. The van der Waals surface area contributed by atoms with Crippen LogP contribution in [0.4, 0.5) is 5.69 Å². The van der Waals surface area contributed by atoms with Crippen molar-refractivity contribution in [1.82, 2.24) is 4.90 Å². The second kappa shape index (κ2) is 8.01. The normalized spacial score (nSPS) is 11.0. The first-order valence-corrected chi connectivity index (χ1v) is 6.37. The number of carboxylic acid groups (broad SMARTS) is 1. The van der Waals surface area contributed by atoms with Gasteiger partial charge in [0.25, 0.3) is 0 Å². The third kappa shape index (κ3) is 6.05. The van der Waals surface area contributed by atoms with Gasteiger partial charge in [-0.25, -0.2) is 4.79 Å². The van der Waals surface area contributed by atoms with E-state index < -0.39 is 10.9 Å². The van der Waals surface area contributed by atoms with Crippen molar-refractivity contribution in [2.24, 2.45) is 0 Å². The maximum absolute atomic E-state index is 10.9. The Morgan fingerprint density at radius 3 is 2.76 bits per heavy atom. The number of nitrogens with zero attached hydrogens (tertiary/aromatic N) is 2. The molecule has 0 spiro atoms. The molecule has 0 atom stereocenters. The summed E-state index contributed by atoms with van der Waals surface area (Å²) in [6.45, 7) is 1.16. The van der Waals surface area contributed by atoms with Gasteiger partial charge >= 0.3 is 11.7 Å². The van der Waals surface area contributed by atoms with Crippen LogP contribution in [0.1, 0.15) is 12.0 Å². The Bertz CT molecular complexity index is 540. The lowest BCUT2D eigenvalue weighted by Gasteiger charge is -2.10. The van der Waals surface area contributed by atoms with E-state index in [1.54, 1.807) is 0 Å². The molecule has 0 bridgehead atoms. The van der Waals surface area contributed by atoms with Crippen LogP contribution in [-0.2, 0) is 4.79 Å². The predicted octanol–water partition coefficient (Wildman–Crippen LogP) is 2.02. The summed E-state index contributed by atoms with van der Waals surface area (Å²) in [5.74, 6) is -0.937. The molecule has 1 aromatic carbocycles. The summed E-state index contributed by atoms with van der Waals surface area (Å²) in [6.07, 6.45) is 3.06. The minimum absolute atomic E-state index is 0.132. The van der Waals surface area contributed by atoms with Gasteiger partial charge in [-0.05, 0) is 44.3 Å². The van der Waals surface area contributed by atoms with E-state index in [9.17, 15) is 14.9 Å². The van der Waals surface area contributed by atoms with Crippen molar-refractivity contribution in [3.63, 3.8) is 0 Å². The van der Waals surface area contributed by atoms with Crippen molar-refractivity contribution in [3.8, 4) is 5.75 Å². The quantitative estimate of drug-likeness (QED) is 0.341. The molecular weight excluding hydrogens is 276 g/mol. The third-order valence-corrected chi connectivity index (χ3v) is 2.61. The number of benzene rings is 1. The number of nitro benzene ring substituents is 1. The summed E-state index contributed by atoms with van der Waals surface area (Å²) >= 11 is 0. The summed E-state index contributed by atoms with van der Waals surface area (Å²) in [5.41, 5.74) is 0.401. The fraction of sp³-hybridized carbons (Fsp3) is 0.357. The van der Waals surface area contributed by atoms with Crippen LogP contribution in [0.3, 0.4) is 0 Å². The number of nitro groups is 1. The van der Waals surface area contributed by atoms with E-state index in [2.05, 4.69) is 0 Å². The minimum atomic E-state index is -1.08. The summed E-state index contributed by atoms with van der Waals surface area (Å²) in [7, 11) is 3.86. The Labute approximate surface area is 122 Å². The Morgan fingerprint density at radius 1 is 1.48 bits per heavy atom. The number of carbonyl (C=O) groups is 1. The van der Waals surface area contributed by atoms with Crippen LogP contribution < -0.4 is 4.74 Å². The highest BCUT2D eigenvalue weighted by Crippen LogP contribution is 2.28. The van der Waals surface area contributed by atoms with E-state index in [1.165, 1.54) is 24.3 Å². The van der Waals surface area contributed by atoms with Gasteiger partial charge in [-0.2, -0.15) is 0 Å². The van der Waals surface area contributed by atoms with Gasteiger partial charge in [0.1, 0.15) is 0 Å². The van der Waals surface area contributed by atoms with E-state index in [-0.39, 0.29) is 11.4 Å². The highest BCUT2D eigenvalue weighted by atomic mass is 16.6. The monoisotopic (exact) mass is 294 g/mol. The molecule has 0 heterocycles. The molecule has 7 nitrogen and oxygen atoms in total. The highest BCUT2D eigenvalue weighted by molar-refractivity contribution is 5.85. The molecule has 114 valence electrons.